The van der Waals surface area contributed by atoms with Gasteiger partial charge in [0.05, 0.1) is 24.2 Å². The van der Waals surface area contributed by atoms with Gasteiger partial charge in [-0.25, -0.2) is 0 Å². The van der Waals surface area contributed by atoms with Crippen LogP contribution in [0.3, 0.4) is 0 Å². The Bertz CT molecular complexity index is 641. The molecule has 2 rings (SSSR count). The first kappa shape index (κ1) is 15.8. The van der Waals surface area contributed by atoms with Crippen molar-refractivity contribution in [1.82, 2.24) is 0 Å². The minimum absolute atomic E-state index is 0.139. The molecule has 0 unspecified atom stereocenters. The van der Waals surface area contributed by atoms with Crippen molar-refractivity contribution in [1.29, 1.82) is 0 Å². The fourth-order valence-corrected chi connectivity index (χ4v) is 3.07. The summed E-state index contributed by atoms with van der Waals surface area (Å²) in [5.74, 6) is 0. The third-order valence-electron chi connectivity index (χ3n) is 3.52. The lowest BCUT2D eigenvalue weighted by Crippen LogP contribution is -2.12. The van der Waals surface area contributed by atoms with Crippen LogP contribution in [0.25, 0.3) is 0 Å². The largest absolute Gasteiger partial charge is 0.397 e. The van der Waals surface area contributed by atoms with Crippen molar-refractivity contribution in [2.45, 2.75) is 25.7 Å². The van der Waals surface area contributed by atoms with E-state index in [-0.39, 0.29) is 6.61 Å². The molecule has 0 saturated carbocycles. The normalized spacial score (nSPS) is 14.0. The number of anilines is 2. The SMILES string of the molecule is CS(=O)(=O)OCCCNc1c(N)cc(C=O)c2c1CCC2. The lowest BCUT2D eigenvalue weighted by atomic mass is 10.0. The molecule has 0 saturated heterocycles. The molecule has 0 aromatic heterocycles. The Hall–Kier alpha value is -1.60. The van der Waals surface area contributed by atoms with E-state index in [1.807, 2.05) is 0 Å². The van der Waals surface area contributed by atoms with Gasteiger partial charge in [0, 0.05) is 12.1 Å². The van der Waals surface area contributed by atoms with Crippen molar-refractivity contribution in [3.8, 4) is 0 Å². The van der Waals surface area contributed by atoms with Crippen LogP contribution in [0.5, 0.6) is 0 Å². The zero-order chi connectivity index (χ0) is 15.5. The molecule has 0 bridgehead atoms. The maximum absolute atomic E-state index is 11.1. The van der Waals surface area contributed by atoms with E-state index >= 15 is 0 Å². The van der Waals surface area contributed by atoms with Gasteiger partial charge in [-0.1, -0.05) is 0 Å². The smallest absolute Gasteiger partial charge is 0.264 e. The van der Waals surface area contributed by atoms with Crippen molar-refractivity contribution in [3.05, 3.63) is 22.8 Å². The quantitative estimate of drug-likeness (QED) is 0.341. The molecule has 21 heavy (non-hydrogen) atoms. The highest BCUT2D eigenvalue weighted by molar-refractivity contribution is 7.85. The highest BCUT2D eigenvalue weighted by Gasteiger charge is 2.20. The summed E-state index contributed by atoms with van der Waals surface area (Å²) >= 11 is 0. The average Bonchev–Trinajstić information content (AvgIpc) is 2.87. The summed E-state index contributed by atoms with van der Waals surface area (Å²) in [6.07, 6.45) is 5.26. The second-order valence-corrected chi connectivity index (χ2v) is 6.81. The number of hydrogen-bond acceptors (Lipinski definition) is 6. The molecule has 116 valence electrons. The van der Waals surface area contributed by atoms with Gasteiger partial charge in [-0.05, 0) is 42.9 Å². The monoisotopic (exact) mass is 312 g/mol. The molecule has 0 radical (unpaired) electrons. The fourth-order valence-electron chi connectivity index (χ4n) is 2.65. The summed E-state index contributed by atoms with van der Waals surface area (Å²) in [6.45, 7) is 0.701. The summed E-state index contributed by atoms with van der Waals surface area (Å²) in [6, 6.07) is 1.70. The molecular weight excluding hydrogens is 292 g/mol. The average molecular weight is 312 g/mol. The summed E-state index contributed by atoms with van der Waals surface area (Å²) in [5.41, 5.74) is 10.3. The lowest BCUT2D eigenvalue weighted by Gasteiger charge is -2.15. The van der Waals surface area contributed by atoms with Crippen LogP contribution in [0.4, 0.5) is 11.4 Å². The Kier molecular flexibility index (Phi) is 4.84. The first-order valence-electron chi connectivity index (χ1n) is 6.90. The Morgan fingerprint density at radius 2 is 2.10 bits per heavy atom. The summed E-state index contributed by atoms with van der Waals surface area (Å²) in [5, 5.41) is 3.24. The third kappa shape index (κ3) is 3.95. The van der Waals surface area contributed by atoms with Gasteiger partial charge in [0.25, 0.3) is 10.1 Å². The van der Waals surface area contributed by atoms with Gasteiger partial charge in [-0.2, -0.15) is 8.42 Å². The van der Waals surface area contributed by atoms with Crippen LogP contribution in [0.2, 0.25) is 0 Å². The number of nitrogens with one attached hydrogen (secondary N) is 1. The van der Waals surface area contributed by atoms with E-state index in [0.717, 1.165) is 48.6 Å². The molecule has 1 aliphatic rings. The molecule has 0 fully saturated rings. The molecule has 0 atom stereocenters. The maximum Gasteiger partial charge on any atom is 0.264 e. The van der Waals surface area contributed by atoms with E-state index in [0.29, 0.717) is 24.2 Å². The number of fused-ring (bicyclic) bond motifs is 1. The van der Waals surface area contributed by atoms with Crippen LogP contribution in [0, 0.1) is 0 Å². The van der Waals surface area contributed by atoms with Crippen LogP contribution in [0.15, 0.2) is 6.07 Å². The topological polar surface area (TPSA) is 98.5 Å². The van der Waals surface area contributed by atoms with Gasteiger partial charge in [0.1, 0.15) is 6.29 Å². The zero-order valence-corrected chi connectivity index (χ0v) is 12.8. The molecule has 0 heterocycles. The predicted molar refractivity (Wildman–Crippen MR) is 82.2 cm³/mol. The van der Waals surface area contributed by atoms with E-state index < -0.39 is 10.1 Å². The highest BCUT2D eigenvalue weighted by atomic mass is 32.2. The number of benzene rings is 1. The first-order valence-corrected chi connectivity index (χ1v) is 8.71. The number of aldehydes is 1. The van der Waals surface area contributed by atoms with Crippen molar-refractivity contribution in [2.24, 2.45) is 0 Å². The minimum atomic E-state index is -3.39. The Balaban J connectivity index is 2.01. The third-order valence-corrected chi connectivity index (χ3v) is 4.11. The van der Waals surface area contributed by atoms with Crippen molar-refractivity contribution in [3.63, 3.8) is 0 Å². The summed E-state index contributed by atoms with van der Waals surface area (Å²) < 4.78 is 26.4. The second-order valence-electron chi connectivity index (χ2n) is 5.16. The first-order chi connectivity index (χ1) is 9.92. The molecule has 6 nitrogen and oxygen atoms in total. The van der Waals surface area contributed by atoms with E-state index in [1.165, 1.54) is 0 Å². The maximum atomic E-state index is 11.1. The molecule has 0 amide bonds. The molecule has 0 aliphatic heterocycles. The zero-order valence-electron chi connectivity index (χ0n) is 12.0. The van der Waals surface area contributed by atoms with Crippen LogP contribution in [0.1, 0.15) is 34.3 Å². The van der Waals surface area contributed by atoms with Crippen LogP contribution in [-0.4, -0.2) is 34.1 Å². The van der Waals surface area contributed by atoms with E-state index in [1.54, 1.807) is 6.07 Å². The molecule has 1 aliphatic carbocycles. The van der Waals surface area contributed by atoms with Crippen molar-refractivity contribution >= 4 is 27.8 Å². The summed E-state index contributed by atoms with van der Waals surface area (Å²) in [7, 11) is -3.39. The van der Waals surface area contributed by atoms with Crippen LogP contribution < -0.4 is 11.1 Å². The van der Waals surface area contributed by atoms with Gasteiger partial charge in [0.2, 0.25) is 0 Å². The van der Waals surface area contributed by atoms with Crippen LogP contribution >= 0.6 is 0 Å². The van der Waals surface area contributed by atoms with Gasteiger partial charge in [-0.15, -0.1) is 0 Å². The number of carbonyl (C=O) groups is 1. The van der Waals surface area contributed by atoms with E-state index in [2.05, 4.69) is 9.50 Å². The predicted octanol–water partition coefficient (Wildman–Crippen LogP) is 1.35. The Morgan fingerprint density at radius 1 is 1.38 bits per heavy atom. The van der Waals surface area contributed by atoms with E-state index in [4.69, 9.17) is 5.73 Å². The molecule has 1 aromatic carbocycles. The molecular formula is C14H20N2O4S. The Labute approximate surface area is 124 Å². The second kappa shape index (κ2) is 6.44. The van der Waals surface area contributed by atoms with Crippen LogP contribution in [-0.2, 0) is 27.1 Å². The summed E-state index contributed by atoms with van der Waals surface area (Å²) in [4.78, 5) is 11.1. The number of carbonyl (C=O) groups excluding carboxylic acids is 1. The lowest BCUT2D eigenvalue weighted by molar-refractivity contribution is 0.112. The van der Waals surface area contributed by atoms with Gasteiger partial charge >= 0.3 is 0 Å². The van der Waals surface area contributed by atoms with E-state index in [9.17, 15) is 13.2 Å². The van der Waals surface area contributed by atoms with Crippen molar-refractivity contribution < 1.29 is 17.4 Å². The van der Waals surface area contributed by atoms with Crippen molar-refractivity contribution in [2.75, 3.05) is 30.5 Å². The number of rotatable bonds is 7. The molecule has 1 aromatic rings. The number of nitrogens with two attached hydrogens (primary N) is 1. The highest BCUT2D eigenvalue weighted by Crippen LogP contribution is 2.35. The van der Waals surface area contributed by atoms with Gasteiger partial charge in [0.15, 0.2) is 0 Å². The molecule has 0 spiro atoms. The standard InChI is InChI=1S/C14H20N2O4S/c1-21(18,19)20-7-3-6-16-14-12-5-2-4-11(12)10(9-17)8-13(14)15/h8-9,16H,2-7,15H2,1H3. The number of hydrogen-bond donors (Lipinski definition) is 2. The van der Waals surface area contributed by atoms with Gasteiger partial charge in [-0.3, -0.25) is 8.98 Å². The van der Waals surface area contributed by atoms with Gasteiger partial charge < -0.3 is 11.1 Å². The Morgan fingerprint density at radius 3 is 2.76 bits per heavy atom. The molecule has 7 heteroatoms. The fraction of sp³-hybridized carbons (Fsp3) is 0.500. The minimum Gasteiger partial charge on any atom is -0.397 e. The molecule has 3 N–H and O–H groups in total. The number of nitrogen functional groups attached to an aromatic ring is 1.